The van der Waals surface area contributed by atoms with Crippen molar-refractivity contribution >= 4 is 0 Å². The van der Waals surface area contributed by atoms with Gasteiger partial charge in [-0.25, -0.2) is 4.98 Å². The lowest BCUT2D eigenvalue weighted by Gasteiger charge is -2.18. The first-order valence-corrected chi connectivity index (χ1v) is 5.16. The van der Waals surface area contributed by atoms with Gasteiger partial charge in [-0.1, -0.05) is 19.9 Å². The number of hydrogen-bond donors (Lipinski definition) is 1. The zero-order valence-corrected chi connectivity index (χ0v) is 9.25. The van der Waals surface area contributed by atoms with Gasteiger partial charge in [-0.05, 0) is 18.6 Å². The van der Waals surface area contributed by atoms with E-state index in [1.165, 1.54) is 6.07 Å². The number of alkyl halides is 3. The highest BCUT2D eigenvalue weighted by Crippen LogP contribution is 2.29. The molecule has 2 unspecified atom stereocenters. The fourth-order valence-corrected chi connectivity index (χ4v) is 1.44. The molecule has 0 aliphatic heterocycles. The summed E-state index contributed by atoms with van der Waals surface area (Å²) < 4.78 is 37.3. The van der Waals surface area contributed by atoms with Crippen molar-refractivity contribution in [2.75, 3.05) is 0 Å². The number of hydrogen-bond acceptors (Lipinski definition) is 2. The highest BCUT2D eigenvalue weighted by atomic mass is 19.4. The highest BCUT2D eigenvalue weighted by Gasteiger charge is 2.32. The highest BCUT2D eigenvalue weighted by molar-refractivity contribution is 5.17. The van der Waals surface area contributed by atoms with Gasteiger partial charge in [0.15, 0.2) is 0 Å². The molecule has 0 aromatic carbocycles. The van der Waals surface area contributed by atoms with Crippen LogP contribution in [0.1, 0.15) is 37.6 Å². The van der Waals surface area contributed by atoms with Gasteiger partial charge in [0.1, 0.15) is 5.69 Å². The standard InChI is InChI=1S/C11H15F3N2/c1-3-8(15)7(2)9-5-4-6-10(16-9)11(12,13)14/h4-8H,3,15H2,1-2H3. The van der Waals surface area contributed by atoms with Gasteiger partial charge in [-0.3, -0.25) is 0 Å². The number of aromatic nitrogens is 1. The minimum atomic E-state index is -4.40. The third-order valence-corrected chi connectivity index (χ3v) is 2.64. The zero-order chi connectivity index (χ0) is 12.3. The first kappa shape index (κ1) is 13.0. The Morgan fingerprint density at radius 1 is 1.38 bits per heavy atom. The summed E-state index contributed by atoms with van der Waals surface area (Å²) in [6.07, 6.45) is -3.69. The van der Waals surface area contributed by atoms with E-state index in [-0.39, 0.29) is 12.0 Å². The molecule has 0 fully saturated rings. The second-order valence-electron chi connectivity index (χ2n) is 3.81. The normalized spacial score (nSPS) is 15.9. The van der Waals surface area contributed by atoms with E-state index in [0.717, 1.165) is 6.07 Å². The van der Waals surface area contributed by atoms with Crippen molar-refractivity contribution in [2.45, 2.75) is 38.4 Å². The predicted octanol–water partition coefficient (Wildman–Crippen LogP) is 2.94. The minimum absolute atomic E-state index is 0.170. The quantitative estimate of drug-likeness (QED) is 0.870. The van der Waals surface area contributed by atoms with Crippen LogP contribution in [0.15, 0.2) is 18.2 Å². The van der Waals surface area contributed by atoms with Crippen LogP contribution in [0.5, 0.6) is 0 Å². The van der Waals surface area contributed by atoms with Crippen LogP contribution < -0.4 is 5.73 Å². The van der Waals surface area contributed by atoms with E-state index in [0.29, 0.717) is 12.1 Å². The molecule has 0 spiro atoms. The lowest BCUT2D eigenvalue weighted by Crippen LogP contribution is -2.26. The number of halogens is 3. The molecule has 1 aromatic rings. The largest absolute Gasteiger partial charge is 0.433 e. The van der Waals surface area contributed by atoms with Gasteiger partial charge in [-0.2, -0.15) is 13.2 Å². The molecule has 1 aromatic heterocycles. The molecule has 2 N–H and O–H groups in total. The van der Waals surface area contributed by atoms with E-state index in [9.17, 15) is 13.2 Å². The van der Waals surface area contributed by atoms with Crippen LogP contribution in [0.2, 0.25) is 0 Å². The fraction of sp³-hybridized carbons (Fsp3) is 0.545. The molecule has 0 saturated heterocycles. The van der Waals surface area contributed by atoms with E-state index >= 15 is 0 Å². The number of rotatable bonds is 3. The molecule has 0 amide bonds. The molecular formula is C11H15F3N2. The molecule has 0 aliphatic rings. The molecule has 1 heterocycles. The first-order valence-electron chi connectivity index (χ1n) is 5.16. The molecule has 5 heteroatoms. The molecule has 0 saturated carbocycles. The Labute approximate surface area is 92.7 Å². The molecule has 1 rings (SSSR count). The summed E-state index contributed by atoms with van der Waals surface area (Å²) in [5.41, 5.74) is 5.32. The molecule has 2 atom stereocenters. The number of nitrogens with zero attached hydrogens (tertiary/aromatic N) is 1. The summed E-state index contributed by atoms with van der Waals surface area (Å²) in [5, 5.41) is 0. The van der Waals surface area contributed by atoms with Gasteiger partial charge >= 0.3 is 6.18 Å². The Balaban J connectivity index is 2.99. The Hall–Kier alpha value is -1.10. The van der Waals surface area contributed by atoms with Gasteiger partial charge in [0.2, 0.25) is 0 Å². The van der Waals surface area contributed by atoms with Crippen molar-refractivity contribution in [1.82, 2.24) is 4.98 Å². The van der Waals surface area contributed by atoms with Crippen LogP contribution in [-0.4, -0.2) is 11.0 Å². The molecule has 2 nitrogen and oxygen atoms in total. The monoisotopic (exact) mass is 232 g/mol. The van der Waals surface area contributed by atoms with Crippen molar-refractivity contribution in [3.05, 3.63) is 29.6 Å². The van der Waals surface area contributed by atoms with Crippen molar-refractivity contribution in [3.8, 4) is 0 Å². The summed E-state index contributed by atoms with van der Waals surface area (Å²) in [6, 6.07) is 3.74. The van der Waals surface area contributed by atoms with Crippen LogP contribution in [-0.2, 0) is 6.18 Å². The maximum absolute atomic E-state index is 12.4. The molecule has 0 bridgehead atoms. The SMILES string of the molecule is CCC(N)C(C)c1cccc(C(F)(F)F)n1. The average molecular weight is 232 g/mol. The van der Waals surface area contributed by atoms with Crippen molar-refractivity contribution in [3.63, 3.8) is 0 Å². The van der Waals surface area contributed by atoms with Crippen LogP contribution in [0.25, 0.3) is 0 Å². The van der Waals surface area contributed by atoms with Gasteiger partial charge in [-0.15, -0.1) is 0 Å². The summed E-state index contributed by atoms with van der Waals surface area (Å²) in [6.45, 7) is 3.69. The number of nitrogens with two attached hydrogens (primary N) is 1. The molecular weight excluding hydrogens is 217 g/mol. The van der Waals surface area contributed by atoms with Crippen molar-refractivity contribution < 1.29 is 13.2 Å². The van der Waals surface area contributed by atoms with Crippen LogP contribution in [0.4, 0.5) is 13.2 Å². The Kier molecular flexibility index (Phi) is 3.91. The Morgan fingerprint density at radius 3 is 2.50 bits per heavy atom. The van der Waals surface area contributed by atoms with Gasteiger partial charge < -0.3 is 5.73 Å². The summed E-state index contributed by atoms with van der Waals surface area (Å²) in [4.78, 5) is 3.61. The molecule has 90 valence electrons. The van der Waals surface area contributed by atoms with E-state index in [1.807, 2.05) is 6.92 Å². The second kappa shape index (κ2) is 4.82. The Bertz CT molecular complexity index is 349. The summed E-state index contributed by atoms with van der Waals surface area (Å²) in [7, 11) is 0. The fourth-order valence-electron chi connectivity index (χ4n) is 1.44. The van der Waals surface area contributed by atoms with Crippen molar-refractivity contribution in [1.29, 1.82) is 0 Å². The Morgan fingerprint density at radius 2 is 2.00 bits per heavy atom. The lowest BCUT2D eigenvalue weighted by molar-refractivity contribution is -0.141. The van der Waals surface area contributed by atoms with Gasteiger partial charge in [0.25, 0.3) is 0 Å². The molecule has 0 radical (unpaired) electrons. The smallest absolute Gasteiger partial charge is 0.327 e. The minimum Gasteiger partial charge on any atom is -0.327 e. The third kappa shape index (κ3) is 2.95. The summed E-state index contributed by atoms with van der Waals surface area (Å²) in [5.74, 6) is -0.174. The topological polar surface area (TPSA) is 38.9 Å². The zero-order valence-electron chi connectivity index (χ0n) is 9.25. The average Bonchev–Trinajstić information content (AvgIpc) is 2.26. The van der Waals surface area contributed by atoms with Crippen LogP contribution in [0, 0.1) is 0 Å². The predicted molar refractivity (Wildman–Crippen MR) is 55.9 cm³/mol. The molecule has 0 aliphatic carbocycles. The third-order valence-electron chi connectivity index (χ3n) is 2.64. The van der Waals surface area contributed by atoms with Crippen molar-refractivity contribution in [2.24, 2.45) is 5.73 Å². The number of pyridine rings is 1. The second-order valence-corrected chi connectivity index (χ2v) is 3.81. The van der Waals surface area contributed by atoms with E-state index in [4.69, 9.17) is 5.73 Å². The lowest BCUT2D eigenvalue weighted by atomic mass is 9.96. The van der Waals surface area contributed by atoms with E-state index < -0.39 is 11.9 Å². The first-order chi connectivity index (χ1) is 7.36. The van der Waals surface area contributed by atoms with Crippen LogP contribution >= 0.6 is 0 Å². The maximum atomic E-state index is 12.4. The van der Waals surface area contributed by atoms with Gasteiger partial charge in [0, 0.05) is 17.7 Å². The molecule has 16 heavy (non-hydrogen) atoms. The maximum Gasteiger partial charge on any atom is 0.433 e. The van der Waals surface area contributed by atoms with E-state index in [2.05, 4.69) is 4.98 Å². The summed E-state index contributed by atoms with van der Waals surface area (Å²) >= 11 is 0. The van der Waals surface area contributed by atoms with E-state index in [1.54, 1.807) is 13.0 Å². The van der Waals surface area contributed by atoms with Crippen LogP contribution in [0.3, 0.4) is 0 Å². The van der Waals surface area contributed by atoms with Gasteiger partial charge in [0.05, 0.1) is 0 Å².